The van der Waals surface area contributed by atoms with E-state index in [1.54, 1.807) is 0 Å². The van der Waals surface area contributed by atoms with Crippen molar-refractivity contribution in [1.82, 2.24) is 0 Å². The quantitative estimate of drug-likeness (QED) is 0.639. The molecule has 3 atom stereocenters. The van der Waals surface area contributed by atoms with Crippen LogP contribution in [0.2, 0.25) is 0 Å². The van der Waals surface area contributed by atoms with Crippen LogP contribution in [0.3, 0.4) is 0 Å². The molecule has 0 spiro atoms. The normalized spacial score (nSPS) is 37.9. The van der Waals surface area contributed by atoms with E-state index in [0.29, 0.717) is 17.9 Å². The van der Waals surface area contributed by atoms with E-state index in [1.807, 2.05) is 6.08 Å². The van der Waals surface area contributed by atoms with Gasteiger partial charge in [-0.1, -0.05) is 17.2 Å². The van der Waals surface area contributed by atoms with Crippen LogP contribution >= 0.6 is 0 Å². The molecule has 3 aliphatic rings. The van der Waals surface area contributed by atoms with Crippen LogP contribution in [0.1, 0.15) is 25.7 Å². The Morgan fingerprint density at radius 1 is 1.33 bits per heavy atom. The molecule has 3 rings (SSSR count). The number of aliphatic carboxylic acids is 1. The van der Waals surface area contributed by atoms with E-state index in [-0.39, 0.29) is 12.0 Å². The van der Waals surface area contributed by atoms with Crippen LogP contribution in [-0.4, -0.2) is 22.3 Å². The summed E-state index contributed by atoms with van der Waals surface area (Å²) < 4.78 is 0. The first kappa shape index (κ1) is 9.16. The van der Waals surface area contributed by atoms with Gasteiger partial charge in [0.25, 0.3) is 0 Å². The molecule has 2 N–H and O–H groups in total. The zero-order valence-electron chi connectivity index (χ0n) is 8.44. The highest BCUT2D eigenvalue weighted by Crippen LogP contribution is 2.53. The molecule has 3 heteroatoms. The summed E-state index contributed by atoms with van der Waals surface area (Å²) in [6.07, 6.45) is 4.91. The summed E-state index contributed by atoms with van der Waals surface area (Å²) >= 11 is 0. The number of hydrogen-bond donors (Lipinski definition) is 2. The van der Waals surface area contributed by atoms with Crippen molar-refractivity contribution >= 4 is 5.97 Å². The van der Waals surface area contributed by atoms with Gasteiger partial charge in [-0.2, -0.15) is 0 Å². The van der Waals surface area contributed by atoms with Gasteiger partial charge in [0.1, 0.15) is 0 Å². The van der Waals surface area contributed by atoms with E-state index >= 15 is 0 Å². The molecule has 1 saturated carbocycles. The molecule has 3 aliphatic carbocycles. The monoisotopic (exact) mass is 206 g/mol. The predicted molar refractivity (Wildman–Crippen MR) is 54.2 cm³/mol. The lowest BCUT2D eigenvalue weighted by atomic mass is 9.81. The third kappa shape index (κ3) is 1.19. The maximum atomic E-state index is 10.9. The highest BCUT2D eigenvalue weighted by Gasteiger charge is 2.45. The summed E-state index contributed by atoms with van der Waals surface area (Å²) in [7, 11) is 0. The lowest BCUT2D eigenvalue weighted by Gasteiger charge is -2.26. The van der Waals surface area contributed by atoms with Gasteiger partial charge in [0.15, 0.2) is 0 Å². The highest BCUT2D eigenvalue weighted by atomic mass is 16.4. The number of allylic oxidation sites excluding steroid dienone is 2. The van der Waals surface area contributed by atoms with Gasteiger partial charge in [0, 0.05) is 17.9 Å². The van der Waals surface area contributed by atoms with E-state index in [2.05, 4.69) is 0 Å². The van der Waals surface area contributed by atoms with Gasteiger partial charge >= 0.3 is 5.97 Å². The molecule has 0 unspecified atom stereocenters. The first-order valence-electron chi connectivity index (χ1n) is 5.49. The molecule has 0 aromatic heterocycles. The minimum atomic E-state index is -0.807. The summed E-state index contributed by atoms with van der Waals surface area (Å²) in [5, 5.41) is 18.7. The molecule has 2 bridgehead atoms. The Morgan fingerprint density at radius 3 is 2.87 bits per heavy atom. The van der Waals surface area contributed by atoms with Crippen molar-refractivity contribution in [3.8, 4) is 0 Å². The number of aliphatic hydroxyl groups is 1. The lowest BCUT2D eigenvalue weighted by Crippen LogP contribution is -2.22. The molecule has 80 valence electrons. The molecular weight excluding hydrogens is 192 g/mol. The average molecular weight is 206 g/mol. The zero-order chi connectivity index (χ0) is 10.6. The zero-order valence-corrected chi connectivity index (χ0v) is 8.44. The van der Waals surface area contributed by atoms with Gasteiger partial charge in [-0.3, -0.25) is 0 Å². The fourth-order valence-corrected chi connectivity index (χ4v) is 3.39. The molecule has 1 fully saturated rings. The molecule has 0 aromatic carbocycles. The van der Waals surface area contributed by atoms with E-state index in [9.17, 15) is 9.90 Å². The molecule has 3 nitrogen and oxygen atoms in total. The van der Waals surface area contributed by atoms with E-state index in [4.69, 9.17) is 5.11 Å². The predicted octanol–water partition coefficient (Wildman–Crippen LogP) is 1.49. The first-order chi connectivity index (χ1) is 7.16. The van der Waals surface area contributed by atoms with Crippen molar-refractivity contribution in [3.63, 3.8) is 0 Å². The van der Waals surface area contributed by atoms with Gasteiger partial charge in [-0.25, -0.2) is 4.79 Å². The third-order valence-electron chi connectivity index (χ3n) is 4.11. The van der Waals surface area contributed by atoms with Crippen molar-refractivity contribution < 1.29 is 15.0 Å². The van der Waals surface area contributed by atoms with Crippen molar-refractivity contribution in [1.29, 1.82) is 0 Å². The Kier molecular flexibility index (Phi) is 1.80. The van der Waals surface area contributed by atoms with Crippen molar-refractivity contribution in [3.05, 3.63) is 22.8 Å². The number of carboxylic acid groups (broad SMARTS) is 1. The summed E-state index contributed by atoms with van der Waals surface area (Å²) in [5.74, 6) is -0.0153. The maximum Gasteiger partial charge on any atom is 0.331 e. The Hall–Kier alpha value is -1.09. The van der Waals surface area contributed by atoms with Gasteiger partial charge < -0.3 is 10.2 Å². The minimum absolute atomic E-state index is 0.220. The van der Waals surface area contributed by atoms with Crippen LogP contribution in [-0.2, 0) is 4.79 Å². The van der Waals surface area contributed by atoms with Crippen LogP contribution in [0.15, 0.2) is 22.8 Å². The minimum Gasteiger partial charge on any atom is -0.478 e. The molecule has 0 heterocycles. The fourth-order valence-electron chi connectivity index (χ4n) is 3.39. The van der Waals surface area contributed by atoms with E-state index < -0.39 is 5.97 Å². The molecule has 0 amide bonds. The van der Waals surface area contributed by atoms with Crippen LogP contribution in [0, 0.1) is 11.8 Å². The fraction of sp³-hybridized carbons (Fsp3) is 0.583. The Balaban J connectivity index is 1.89. The molecule has 0 saturated heterocycles. The van der Waals surface area contributed by atoms with Gasteiger partial charge in [0.05, 0.1) is 6.10 Å². The number of fused-ring (bicyclic) bond motifs is 4. The average Bonchev–Trinajstić information content (AvgIpc) is 2.74. The van der Waals surface area contributed by atoms with Gasteiger partial charge in [-0.15, -0.1) is 0 Å². The van der Waals surface area contributed by atoms with Gasteiger partial charge in [-0.05, 0) is 25.2 Å². The smallest absolute Gasteiger partial charge is 0.331 e. The Bertz CT molecular complexity index is 392. The highest BCUT2D eigenvalue weighted by molar-refractivity contribution is 5.87. The molecule has 0 aliphatic heterocycles. The summed E-state index contributed by atoms with van der Waals surface area (Å²) in [4.78, 5) is 10.9. The Morgan fingerprint density at radius 2 is 2.13 bits per heavy atom. The van der Waals surface area contributed by atoms with Crippen molar-refractivity contribution in [2.24, 2.45) is 11.8 Å². The van der Waals surface area contributed by atoms with E-state index in [0.717, 1.165) is 19.3 Å². The summed E-state index contributed by atoms with van der Waals surface area (Å²) in [6.45, 7) is 0. The number of carboxylic acids is 1. The molecule has 0 aromatic rings. The summed E-state index contributed by atoms with van der Waals surface area (Å²) in [6, 6.07) is 0. The second-order valence-electron chi connectivity index (χ2n) is 4.81. The van der Waals surface area contributed by atoms with E-state index in [1.165, 1.54) is 11.1 Å². The van der Waals surface area contributed by atoms with Gasteiger partial charge in [0.2, 0.25) is 0 Å². The van der Waals surface area contributed by atoms with Crippen LogP contribution in [0.5, 0.6) is 0 Å². The topological polar surface area (TPSA) is 57.5 Å². The lowest BCUT2D eigenvalue weighted by molar-refractivity contribution is -0.132. The molecule has 0 radical (unpaired) electrons. The number of rotatable bonds is 1. The van der Waals surface area contributed by atoms with Crippen molar-refractivity contribution in [2.45, 2.75) is 31.8 Å². The molecular formula is C12H14O3. The number of hydrogen-bond acceptors (Lipinski definition) is 2. The second-order valence-corrected chi connectivity index (χ2v) is 4.81. The number of carbonyl (C=O) groups is 1. The number of aliphatic hydroxyl groups excluding tert-OH is 1. The molecule has 15 heavy (non-hydrogen) atoms. The largest absolute Gasteiger partial charge is 0.478 e. The second kappa shape index (κ2) is 2.95. The van der Waals surface area contributed by atoms with Crippen LogP contribution in [0.25, 0.3) is 0 Å². The Labute approximate surface area is 88.1 Å². The van der Waals surface area contributed by atoms with Crippen LogP contribution in [0.4, 0.5) is 0 Å². The van der Waals surface area contributed by atoms with Crippen LogP contribution < -0.4 is 0 Å². The summed E-state index contributed by atoms with van der Waals surface area (Å²) in [5.41, 5.74) is 3.17. The van der Waals surface area contributed by atoms with Crippen molar-refractivity contribution in [2.75, 3.05) is 0 Å². The first-order valence-corrected chi connectivity index (χ1v) is 5.49. The third-order valence-corrected chi connectivity index (χ3v) is 4.11. The SMILES string of the molecule is O=C(O)C1=CCC2=C(C1)[C@@H]1C[C@H]2C[C@H]1O. The maximum absolute atomic E-state index is 10.9. The standard InChI is InChI=1S/C12H14O3/c13-11-5-7-4-10(11)9-3-6(12(14)15)1-2-8(7)9/h1,7,10-11,13H,2-5H2,(H,14,15)/t7-,10-,11+/m0/s1.